The van der Waals surface area contributed by atoms with Crippen molar-refractivity contribution in [1.29, 1.82) is 0 Å². The molecule has 0 fully saturated rings. The van der Waals surface area contributed by atoms with Gasteiger partial charge in [0.25, 0.3) is 11.8 Å². The normalized spacial score (nSPS) is 8.89. The van der Waals surface area contributed by atoms with E-state index >= 15 is 0 Å². The summed E-state index contributed by atoms with van der Waals surface area (Å²) in [4.78, 5) is 35.2. The van der Waals surface area contributed by atoms with Gasteiger partial charge in [-0.15, -0.1) is 0 Å². The van der Waals surface area contributed by atoms with Crippen LogP contribution in [0.5, 0.6) is 0 Å². The molecule has 2 amide bonds. The first-order valence-corrected chi connectivity index (χ1v) is 4.73. The molecule has 0 atom stereocenters. The largest absolute Gasteiger partial charge is 0.364 e. The van der Waals surface area contributed by atoms with Gasteiger partial charge in [-0.2, -0.15) is 0 Å². The Kier molecular flexibility index (Phi) is 4.85. The first kappa shape index (κ1) is 13.2. The molecule has 92 valence electrons. The minimum Gasteiger partial charge on any atom is -0.364 e. The lowest BCUT2D eigenvalue weighted by atomic mass is 10.4. The minimum atomic E-state index is -0.553. The molecular weight excluding hydrogens is 236 g/mol. The maximum Gasteiger partial charge on any atom is 0.268 e. The van der Waals surface area contributed by atoms with Crippen molar-refractivity contribution in [1.82, 2.24) is 19.9 Å². The molecular formula is C10H10N6O2. The molecule has 2 aromatic rings. The lowest BCUT2D eigenvalue weighted by Gasteiger charge is -1.87. The molecule has 0 saturated carbocycles. The molecule has 2 heterocycles. The van der Waals surface area contributed by atoms with Gasteiger partial charge >= 0.3 is 0 Å². The van der Waals surface area contributed by atoms with Gasteiger partial charge in [-0.25, -0.2) is 9.97 Å². The number of hydrogen-bond acceptors (Lipinski definition) is 6. The van der Waals surface area contributed by atoms with Crippen molar-refractivity contribution < 1.29 is 9.59 Å². The van der Waals surface area contributed by atoms with E-state index in [0.717, 1.165) is 0 Å². The van der Waals surface area contributed by atoms with E-state index in [4.69, 9.17) is 11.5 Å². The summed E-state index contributed by atoms with van der Waals surface area (Å²) in [6.45, 7) is 0. The summed E-state index contributed by atoms with van der Waals surface area (Å²) < 4.78 is 0. The van der Waals surface area contributed by atoms with Gasteiger partial charge in [-0.05, 0) is 0 Å². The summed E-state index contributed by atoms with van der Waals surface area (Å²) >= 11 is 0. The highest BCUT2D eigenvalue weighted by Gasteiger charge is 1.97. The Hall–Kier alpha value is -2.90. The summed E-state index contributed by atoms with van der Waals surface area (Å²) in [7, 11) is 0. The molecule has 0 unspecified atom stereocenters. The number of nitrogens with zero attached hydrogens (tertiary/aromatic N) is 4. The third-order valence-corrected chi connectivity index (χ3v) is 1.63. The third-order valence-electron chi connectivity index (χ3n) is 1.63. The Bertz CT molecular complexity index is 467. The van der Waals surface area contributed by atoms with Crippen LogP contribution in [0.15, 0.2) is 37.2 Å². The number of rotatable bonds is 2. The van der Waals surface area contributed by atoms with Crippen LogP contribution in [0, 0.1) is 0 Å². The average molecular weight is 246 g/mol. The van der Waals surface area contributed by atoms with E-state index in [1.165, 1.54) is 37.2 Å². The second kappa shape index (κ2) is 6.63. The molecule has 18 heavy (non-hydrogen) atoms. The highest BCUT2D eigenvalue weighted by atomic mass is 16.1. The maximum absolute atomic E-state index is 10.3. The van der Waals surface area contributed by atoms with Crippen LogP contribution >= 0.6 is 0 Å². The fourth-order valence-corrected chi connectivity index (χ4v) is 0.853. The molecule has 4 N–H and O–H groups in total. The van der Waals surface area contributed by atoms with Crippen molar-refractivity contribution in [2.75, 3.05) is 0 Å². The molecule has 8 nitrogen and oxygen atoms in total. The van der Waals surface area contributed by atoms with E-state index in [2.05, 4.69) is 19.9 Å². The van der Waals surface area contributed by atoms with E-state index in [1.54, 1.807) is 0 Å². The number of nitrogens with two attached hydrogens (primary N) is 2. The standard InChI is InChI=1S/2C5H5N3O/c2*6-5(9)4-3-7-1-2-8-4/h2*1-3H,(H2,6,9). The number of amides is 2. The second-order valence-electron chi connectivity index (χ2n) is 2.91. The molecule has 0 aliphatic heterocycles. The lowest BCUT2D eigenvalue weighted by molar-refractivity contribution is 0.0987. The third kappa shape index (κ3) is 4.31. The van der Waals surface area contributed by atoms with Crippen LogP contribution in [-0.2, 0) is 0 Å². The van der Waals surface area contributed by atoms with Gasteiger partial charge in [-0.1, -0.05) is 0 Å². The van der Waals surface area contributed by atoms with Crippen LogP contribution in [0.1, 0.15) is 21.0 Å². The molecule has 2 rings (SSSR count). The van der Waals surface area contributed by atoms with E-state index < -0.39 is 11.8 Å². The van der Waals surface area contributed by atoms with Crippen LogP contribution in [0.3, 0.4) is 0 Å². The summed E-state index contributed by atoms with van der Waals surface area (Å²) in [5.74, 6) is -1.11. The highest BCUT2D eigenvalue weighted by Crippen LogP contribution is 1.85. The van der Waals surface area contributed by atoms with Crippen LogP contribution in [-0.4, -0.2) is 31.8 Å². The smallest absolute Gasteiger partial charge is 0.268 e. The molecule has 0 aromatic carbocycles. The Morgan fingerprint density at radius 1 is 0.778 bits per heavy atom. The van der Waals surface area contributed by atoms with Gasteiger partial charge in [0, 0.05) is 24.8 Å². The summed E-state index contributed by atoms with van der Waals surface area (Å²) in [5, 5.41) is 0. The number of carbonyl (C=O) groups is 2. The van der Waals surface area contributed by atoms with E-state index in [0.29, 0.717) is 0 Å². The van der Waals surface area contributed by atoms with Crippen molar-refractivity contribution in [2.45, 2.75) is 0 Å². The van der Waals surface area contributed by atoms with Gasteiger partial charge in [0.05, 0.1) is 12.4 Å². The van der Waals surface area contributed by atoms with Crippen LogP contribution in [0.25, 0.3) is 0 Å². The topological polar surface area (TPSA) is 138 Å². The maximum atomic E-state index is 10.3. The average Bonchev–Trinajstić information content (AvgIpc) is 2.41. The van der Waals surface area contributed by atoms with E-state index in [9.17, 15) is 9.59 Å². The number of hydrogen-bond donors (Lipinski definition) is 2. The van der Waals surface area contributed by atoms with Crippen molar-refractivity contribution in [3.63, 3.8) is 0 Å². The molecule has 0 aliphatic carbocycles. The highest BCUT2D eigenvalue weighted by molar-refractivity contribution is 5.90. The minimum absolute atomic E-state index is 0.192. The summed E-state index contributed by atoms with van der Waals surface area (Å²) in [6.07, 6.45) is 8.43. The fraction of sp³-hybridized carbons (Fsp3) is 0. The van der Waals surface area contributed by atoms with Crippen LogP contribution in [0.2, 0.25) is 0 Å². The monoisotopic (exact) mass is 246 g/mol. The van der Waals surface area contributed by atoms with Crippen molar-refractivity contribution in [2.24, 2.45) is 11.5 Å². The zero-order chi connectivity index (χ0) is 13.4. The van der Waals surface area contributed by atoms with Crippen LogP contribution < -0.4 is 11.5 Å². The van der Waals surface area contributed by atoms with Gasteiger partial charge in [0.1, 0.15) is 11.4 Å². The number of primary amides is 2. The predicted molar refractivity (Wildman–Crippen MR) is 61.1 cm³/mol. The second-order valence-corrected chi connectivity index (χ2v) is 2.91. The molecule has 0 spiro atoms. The molecule has 2 aromatic heterocycles. The van der Waals surface area contributed by atoms with Crippen LogP contribution in [0.4, 0.5) is 0 Å². The lowest BCUT2D eigenvalue weighted by Crippen LogP contribution is -2.12. The Morgan fingerprint density at radius 2 is 1.17 bits per heavy atom. The fourth-order valence-electron chi connectivity index (χ4n) is 0.853. The Labute approximate surface area is 102 Å². The van der Waals surface area contributed by atoms with Gasteiger partial charge in [0.2, 0.25) is 0 Å². The van der Waals surface area contributed by atoms with Gasteiger partial charge < -0.3 is 11.5 Å². The van der Waals surface area contributed by atoms with Gasteiger partial charge in [0.15, 0.2) is 0 Å². The Balaban J connectivity index is 0.000000180. The number of carbonyl (C=O) groups excluding carboxylic acids is 2. The molecule has 0 bridgehead atoms. The molecule has 0 aliphatic rings. The van der Waals surface area contributed by atoms with E-state index in [-0.39, 0.29) is 11.4 Å². The SMILES string of the molecule is NC(=O)c1cnccn1.NC(=O)c1cnccn1. The molecule has 0 saturated heterocycles. The number of aromatic nitrogens is 4. The van der Waals surface area contributed by atoms with Crippen molar-refractivity contribution in [3.8, 4) is 0 Å². The Morgan fingerprint density at radius 3 is 1.33 bits per heavy atom. The summed E-state index contributed by atoms with van der Waals surface area (Å²) in [5.41, 5.74) is 10.1. The molecule has 0 radical (unpaired) electrons. The predicted octanol–water partition coefficient (Wildman–Crippen LogP) is -0.849. The molecule has 8 heteroatoms. The zero-order valence-electron chi connectivity index (χ0n) is 9.22. The van der Waals surface area contributed by atoms with Crippen molar-refractivity contribution >= 4 is 11.8 Å². The first-order valence-electron chi connectivity index (χ1n) is 4.73. The first-order chi connectivity index (χ1) is 8.61. The summed E-state index contributed by atoms with van der Waals surface area (Å²) in [6, 6.07) is 0. The quantitative estimate of drug-likeness (QED) is 0.707. The van der Waals surface area contributed by atoms with Crippen molar-refractivity contribution in [3.05, 3.63) is 48.6 Å². The van der Waals surface area contributed by atoms with Gasteiger partial charge in [-0.3, -0.25) is 19.6 Å². The zero-order valence-corrected chi connectivity index (χ0v) is 9.22. The van der Waals surface area contributed by atoms with E-state index in [1.807, 2.05) is 0 Å².